The molecular weight excluding hydrogens is 277 g/mol. The average molecular weight is 290 g/mol. The molecule has 3 rings (SSSR count). The molecule has 0 radical (unpaired) electrons. The van der Waals surface area contributed by atoms with Gasteiger partial charge in [-0.05, 0) is 35.6 Å². The Hall–Kier alpha value is -2.10. The maximum atomic E-state index is 12.6. The van der Waals surface area contributed by atoms with Crippen molar-refractivity contribution < 1.29 is 18.0 Å². The molecule has 1 aliphatic carbocycles. The molecule has 0 amide bonds. The topological polar surface area (TPSA) is 17.1 Å². The van der Waals surface area contributed by atoms with Crippen LogP contribution in [0.4, 0.5) is 13.2 Å². The minimum absolute atomic E-state index is 0.0466. The second-order valence-corrected chi connectivity index (χ2v) is 5.31. The summed E-state index contributed by atoms with van der Waals surface area (Å²) >= 11 is 0. The normalized spacial score (nSPS) is 18.4. The first-order valence-electron chi connectivity index (χ1n) is 6.73. The molecule has 2 aromatic carbocycles. The van der Waals surface area contributed by atoms with Crippen LogP contribution in [-0.4, -0.2) is 5.78 Å². The van der Waals surface area contributed by atoms with Crippen molar-refractivity contribution in [1.82, 2.24) is 0 Å². The Morgan fingerprint density at radius 2 is 1.57 bits per heavy atom. The molecule has 0 saturated carbocycles. The third-order valence-electron chi connectivity index (χ3n) is 3.93. The van der Waals surface area contributed by atoms with Crippen LogP contribution in [0.2, 0.25) is 0 Å². The monoisotopic (exact) mass is 290 g/mol. The fourth-order valence-electron chi connectivity index (χ4n) is 2.82. The van der Waals surface area contributed by atoms with Crippen molar-refractivity contribution in [2.24, 2.45) is 0 Å². The van der Waals surface area contributed by atoms with Gasteiger partial charge in [-0.15, -0.1) is 0 Å². The van der Waals surface area contributed by atoms with Gasteiger partial charge in [-0.2, -0.15) is 13.2 Å². The molecule has 0 aliphatic heterocycles. The highest BCUT2D eigenvalue weighted by Gasteiger charge is 2.31. The Morgan fingerprint density at radius 3 is 2.24 bits per heavy atom. The summed E-state index contributed by atoms with van der Waals surface area (Å²) in [5.41, 5.74) is 1.83. The van der Waals surface area contributed by atoms with Crippen LogP contribution >= 0.6 is 0 Å². The third-order valence-corrected chi connectivity index (χ3v) is 3.93. The molecule has 1 aliphatic rings. The first-order chi connectivity index (χ1) is 9.95. The molecule has 0 saturated heterocycles. The minimum Gasteiger partial charge on any atom is -0.294 e. The van der Waals surface area contributed by atoms with E-state index in [2.05, 4.69) is 0 Å². The van der Waals surface area contributed by atoms with Gasteiger partial charge in [0.25, 0.3) is 0 Å². The summed E-state index contributed by atoms with van der Waals surface area (Å²) in [4.78, 5) is 12.1. The van der Waals surface area contributed by atoms with E-state index in [1.807, 2.05) is 18.2 Å². The number of ketones is 1. The predicted molar refractivity (Wildman–Crippen MR) is 73.3 cm³/mol. The second kappa shape index (κ2) is 5.02. The van der Waals surface area contributed by atoms with E-state index >= 15 is 0 Å². The van der Waals surface area contributed by atoms with Gasteiger partial charge in [0.05, 0.1) is 5.56 Å². The van der Waals surface area contributed by atoms with Crippen molar-refractivity contribution >= 4 is 5.78 Å². The van der Waals surface area contributed by atoms with E-state index in [-0.39, 0.29) is 11.7 Å². The van der Waals surface area contributed by atoms with Crippen LogP contribution in [0.5, 0.6) is 0 Å². The summed E-state index contributed by atoms with van der Waals surface area (Å²) in [7, 11) is 0. The van der Waals surface area contributed by atoms with Gasteiger partial charge in [-0.1, -0.05) is 36.4 Å². The van der Waals surface area contributed by atoms with Crippen molar-refractivity contribution in [2.45, 2.75) is 24.9 Å². The lowest BCUT2D eigenvalue weighted by atomic mass is 9.79. The van der Waals surface area contributed by atoms with E-state index in [9.17, 15) is 18.0 Å². The summed E-state index contributed by atoms with van der Waals surface area (Å²) in [5, 5.41) is 0. The molecule has 4 heteroatoms. The fourth-order valence-corrected chi connectivity index (χ4v) is 2.82. The van der Waals surface area contributed by atoms with Crippen LogP contribution in [0.25, 0.3) is 0 Å². The van der Waals surface area contributed by atoms with E-state index in [0.717, 1.165) is 28.8 Å². The molecule has 1 atom stereocenters. The summed E-state index contributed by atoms with van der Waals surface area (Å²) in [6.07, 6.45) is -3.29. The summed E-state index contributed by atoms with van der Waals surface area (Å²) in [6, 6.07) is 12.5. The first-order valence-corrected chi connectivity index (χ1v) is 6.73. The maximum Gasteiger partial charge on any atom is 0.416 e. The Bertz CT molecular complexity index is 671. The van der Waals surface area contributed by atoms with Crippen LogP contribution in [0.1, 0.15) is 39.4 Å². The number of carbonyl (C=O) groups excluding carboxylic acids is 1. The second-order valence-electron chi connectivity index (χ2n) is 5.31. The number of fused-ring (bicyclic) bond motifs is 1. The third kappa shape index (κ3) is 2.71. The number of halogens is 3. The van der Waals surface area contributed by atoms with E-state index in [0.29, 0.717) is 12.8 Å². The van der Waals surface area contributed by atoms with Gasteiger partial charge in [0.2, 0.25) is 0 Å². The highest BCUT2D eigenvalue weighted by molar-refractivity contribution is 5.99. The number of hydrogen-bond acceptors (Lipinski definition) is 1. The SMILES string of the molecule is O=C1C[C@H](c2ccc(C(F)(F)F)cc2)Cc2ccccc21. The fraction of sp³-hybridized carbons (Fsp3) is 0.235. The standard InChI is InChI=1S/C17H13F3O/c18-17(19,20)14-7-5-11(6-8-14)13-9-12-3-1-2-4-15(12)16(21)10-13/h1-8,13H,9-10H2/t13-/m1/s1. The van der Waals surface area contributed by atoms with Gasteiger partial charge in [0.1, 0.15) is 0 Å². The van der Waals surface area contributed by atoms with Gasteiger partial charge in [-0.25, -0.2) is 0 Å². The van der Waals surface area contributed by atoms with E-state index < -0.39 is 11.7 Å². The summed E-state index contributed by atoms with van der Waals surface area (Å²) in [6.45, 7) is 0. The average Bonchev–Trinajstić information content (AvgIpc) is 2.46. The van der Waals surface area contributed by atoms with Crippen molar-refractivity contribution in [3.63, 3.8) is 0 Å². The van der Waals surface area contributed by atoms with Gasteiger partial charge in [-0.3, -0.25) is 4.79 Å². The zero-order valence-electron chi connectivity index (χ0n) is 11.2. The highest BCUT2D eigenvalue weighted by Crippen LogP contribution is 2.35. The molecule has 108 valence electrons. The van der Waals surface area contributed by atoms with Crippen LogP contribution in [0.15, 0.2) is 48.5 Å². The lowest BCUT2D eigenvalue weighted by Gasteiger charge is -2.24. The lowest BCUT2D eigenvalue weighted by molar-refractivity contribution is -0.137. The summed E-state index contributed by atoms with van der Waals surface area (Å²) in [5.74, 6) is 0.0106. The van der Waals surface area contributed by atoms with Gasteiger partial charge in [0.15, 0.2) is 5.78 Å². The number of hydrogen-bond donors (Lipinski definition) is 0. The number of rotatable bonds is 1. The number of Topliss-reactive ketones (excluding diaryl/α,β-unsaturated/α-hetero) is 1. The van der Waals surface area contributed by atoms with Crippen LogP contribution in [0, 0.1) is 0 Å². The molecule has 1 nitrogen and oxygen atoms in total. The first kappa shape index (κ1) is 13.9. The Labute approximate surface area is 120 Å². The molecule has 0 bridgehead atoms. The van der Waals surface area contributed by atoms with Crippen LogP contribution in [0.3, 0.4) is 0 Å². The van der Waals surface area contributed by atoms with Gasteiger partial charge >= 0.3 is 6.18 Å². The molecule has 0 fully saturated rings. The molecule has 2 aromatic rings. The zero-order valence-corrected chi connectivity index (χ0v) is 11.2. The van der Waals surface area contributed by atoms with E-state index in [1.165, 1.54) is 12.1 Å². The Kier molecular flexibility index (Phi) is 3.32. The van der Waals surface area contributed by atoms with Crippen molar-refractivity contribution in [2.75, 3.05) is 0 Å². The molecule has 0 unspecified atom stereocenters. The van der Waals surface area contributed by atoms with Crippen LogP contribution in [-0.2, 0) is 12.6 Å². The Balaban J connectivity index is 1.88. The molecule has 0 N–H and O–H groups in total. The number of carbonyl (C=O) groups is 1. The number of benzene rings is 2. The van der Waals surface area contributed by atoms with Crippen molar-refractivity contribution in [3.8, 4) is 0 Å². The van der Waals surface area contributed by atoms with Gasteiger partial charge < -0.3 is 0 Å². The van der Waals surface area contributed by atoms with E-state index in [4.69, 9.17) is 0 Å². The lowest BCUT2D eigenvalue weighted by Crippen LogP contribution is -2.18. The quantitative estimate of drug-likeness (QED) is 0.749. The molecule has 0 heterocycles. The molecular formula is C17H13F3O. The smallest absolute Gasteiger partial charge is 0.294 e. The minimum atomic E-state index is -4.33. The van der Waals surface area contributed by atoms with E-state index in [1.54, 1.807) is 6.07 Å². The molecule has 0 spiro atoms. The summed E-state index contributed by atoms with van der Waals surface area (Å²) < 4.78 is 37.7. The van der Waals surface area contributed by atoms with Crippen molar-refractivity contribution in [3.05, 3.63) is 70.8 Å². The molecule has 21 heavy (non-hydrogen) atoms. The molecule has 0 aromatic heterocycles. The largest absolute Gasteiger partial charge is 0.416 e. The zero-order chi connectivity index (χ0) is 15.0. The highest BCUT2D eigenvalue weighted by atomic mass is 19.4. The van der Waals surface area contributed by atoms with Crippen LogP contribution < -0.4 is 0 Å². The number of alkyl halides is 3. The maximum absolute atomic E-state index is 12.6. The predicted octanol–water partition coefficient (Wildman–Crippen LogP) is 4.62. The Morgan fingerprint density at radius 1 is 0.905 bits per heavy atom. The van der Waals surface area contributed by atoms with Crippen molar-refractivity contribution in [1.29, 1.82) is 0 Å². The van der Waals surface area contributed by atoms with Gasteiger partial charge in [0, 0.05) is 12.0 Å².